The van der Waals surface area contributed by atoms with E-state index in [4.69, 9.17) is 4.52 Å². The molecule has 2 heterocycles. The predicted octanol–water partition coefficient (Wildman–Crippen LogP) is 3.58. The Morgan fingerprint density at radius 3 is 2.82 bits per heavy atom. The summed E-state index contributed by atoms with van der Waals surface area (Å²) in [5.74, 6) is 2.12. The minimum absolute atomic E-state index is 0.0197. The van der Waals surface area contributed by atoms with Crippen LogP contribution in [0.1, 0.15) is 43.4 Å². The van der Waals surface area contributed by atoms with Gasteiger partial charge in [0.25, 0.3) is 0 Å². The van der Waals surface area contributed by atoms with E-state index < -0.39 is 0 Å². The number of nitrogens with zero attached hydrogens (tertiary/aromatic N) is 2. The summed E-state index contributed by atoms with van der Waals surface area (Å²) in [6, 6.07) is 4.10. The number of hydrogen-bond donors (Lipinski definition) is 1. The standard InChI is InChI=1S/C15H21N3O2S2/c1-10-16-13(20-18-10)9-21-8-12(19)17-14(15(2,3)4)11-6-5-7-22-11/h5-7,14H,8-9H2,1-4H3,(H,17,19). The van der Waals surface area contributed by atoms with Crippen molar-refractivity contribution in [1.29, 1.82) is 0 Å². The average molecular weight is 339 g/mol. The molecular formula is C15H21N3O2S2. The second kappa shape index (κ2) is 7.28. The highest BCUT2D eigenvalue weighted by Crippen LogP contribution is 2.35. The molecule has 22 heavy (non-hydrogen) atoms. The number of carbonyl (C=O) groups is 1. The second-order valence-corrected chi connectivity index (χ2v) is 8.07. The van der Waals surface area contributed by atoms with Gasteiger partial charge in [0.05, 0.1) is 17.5 Å². The summed E-state index contributed by atoms with van der Waals surface area (Å²) in [6.45, 7) is 8.17. The van der Waals surface area contributed by atoms with Crippen molar-refractivity contribution in [2.24, 2.45) is 5.41 Å². The average Bonchev–Trinajstić information content (AvgIpc) is 3.06. The van der Waals surface area contributed by atoms with Gasteiger partial charge in [-0.3, -0.25) is 4.79 Å². The number of thiophene rings is 1. The molecule has 0 aliphatic rings. The lowest BCUT2D eigenvalue weighted by Crippen LogP contribution is -2.37. The molecule has 1 atom stereocenters. The Labute approximate surface area is 138 Å². The Balaban J connectivity index is 1.86. The fourth-order valence-electron chi connectivity index (χ4n) is 2.00. The maximum absolute atomic E-state index is 12.2. The third-order valence-corrected chi connectivity index (χ3v) is 4.88. The number of amides is 1. The van der Waals surface area contributed by atoms with Gasteiger partial charge >= 0.3 is 0 Å². The number of hydrogen-bond acceptors (Lipinski definition) is 6. The van der Waals surface area contributed by atoms with E-state index in [0.29, 0.717) is 23.2 Å². The minimum Gasteiger partial charge on any atom is -0.347 e. The highest BCUT2D eigenvalue weighted by Gasteiger charge is 2.28. The van der Waals surface area contributed by atoms with Gasteiger partial charge in [0.1, 0.15) is 0 Å². The summed E-state index contributed by atoms with van der Waals surface area (Å²) in [4.78, 5) is 17.5. The molecule has 0 aromatic carbocycles. The lowest BCUT2D eigenvalue weighted by Gasteiger charge is -2.30. The van der Waals surface area contributed by atoms with Crippen LogP contribution in [0.5, 0.6) is 0 Å². The fraction of sp³-hybridized carbons (Fsp3) is 0.533. The molecule has 0 saturated carbocycles. The first kappa shape index (κ1) is 17.0. The molecule has 5 nitrogen and oxygen atoms in total. The van der Waals surface area contributed by atoms with Crippen molar-refractivity contribution in [3.8, 4) is 0 Å². The van der Waals surface area contributed by atoms with Gasteiger partial charge in [-0.1, -0.05) is 32.0 Å². The summed E-state index contributed by atoms with van der Waals surface area (Å²) in [5, 5.41) is 8.90. The van der Waals surface area contributed by atoms with Crippen molar-refractivity contribution in [2.75, 3.05) is 5.75 Å². The third kappa shape index (κ3) is 4.84. The molecule has 7 heteroatoms. The molecule has 0 saturated heterocycles. The Hall–Kier alpha value is -1.34. The van der Waals surface area contributed by atoms with Crippen molar-refractivity contribution >= 4 is 29.0 Å². The SMILES string of the molecule is Cc1noc(CSCC(=O)NC(c2cccs2)C(C)(C)C)n1. The zero-order chi connectivity index (χ0) is 16.2. The Morgan fingerprint density at radius 2 is 2.27 bits per heavy atom. The number of aryl methyl sites for hydroxylation is 1. The first-order chi connectivity index (χ1) is 10.4. The van der Waals surface area contributed by atoms with Crippen LogP contribution < -0.4 is 5.32 Å². The van der Waals surface area contributed by atoms with Gasteiger partial charge in [-0.15, -0.1) is 23.1 Å². The zero-order valence-corrected chi connectivity index (χ0v) is 14.9. The summed E-state index contributed by atoms with van der Waals surface area (Å²) in [7, 11) is 0. The van der Waals surface area contributed by atoms with Gasteiger partial charge in [0.2, 0.25) is 11.8 Å². The van der Waals surface area contributed by atoms with Crippen LogP contribution in [0.15, 0.2) is 22.0 Å². The van der Waals surface area contributed by atoms with E-state index in [1.807, 2.05) is 11.4 Å². The van der Waals surface area contributed by atoms with E-state index in [2.05, 4.69) is 42.3 Å². The zero-order valence-electron chi connectivity index (χ0n) is 13.3. The van der Waals surface area contributed by atoms with Crippen LogP contribution in [0.25, 0.3) is 0 Å². The lowest BCUT2D eigenvalue weighted by atomic mass is 9.86. The van der Waals surface area contributed by atoms with Crippen LogP contribution >= 0.6 is 23.1 Å². The number of rotatable bonds is 6. The molecule has 0 bridgehead atoms. The molecule has 2 rings (SSSR count). The highest BCUT2D eigenvalue weighted by molar-refractivity contribution is 7.99. The smallest absolute Gasteiger partial charge is 0.236 e. The molecule has 0 fully saturated rings. The second-order valence-electron chi connectivity index (χ2n) is 6.11. The largest absolute Gasteiger partial charge is 0.347 e. The molecule has 2 aromatic heterocycles. The van der Waals surface area contributed by atoms with E-state index in [1.165, 1.54) is 16.6 Å². The van der Waals surface area contributed by atoms with E-state index in [9.17, 15) is 4.79 Å². The van der Waals surface area contributed by atoms with E-state index in [0.717, 1.165) is 0 Å². The van der Waals surface area contributed by atoms with Crippen LogP contribution in [-0.4, -0.2) is 21.8 Å². The molecule has 1 amide bonds. The summed E-state index contributed by atoms with van der Waals surface area (Å²) in [5.41, 5.74) is -0.0330. The Bertz CT molecular complexity index is 603. The molecule has 0 aliphatic carbocycles. The molecule has 0 spiro atoms. The van der Waals surface area contributed by atoms with Crippen LogP contribution in [0.2, 0.25) is 0 Å². The Kier molecular flexibility index (Phi) is 5.63. The topological polar surface area (TPSA) is 68.0 Å². The van der Waals surface area contributed by atoms with Crippen molar-refractivity contribution < 1.29 is 9.32 Å². The summed E-state index contributed by atoms with van der Waals surface area (Å²) < 4.78 is 5.03. The fourth-order valence-corrected chi connectivity index (χ4v) is 3.68. The van der Waals surface area contributed by atoms with E-state index in [1.54, 1.807) is 18.3 Å². The van der Waals surface area contributed by atoms with Crippen LogP contribution in [0.4, 0.5) is 0 Å². The van der Waals surface area contributed by atoms with E-state index >= 15 is 0 Å². The van der Waals surface area contributed by atoms with Gasteiger partial charge in [-0.2, -0.15) is 4.98 Å². The van der Waals surface area contributed by atoms with Crippen LogP contribution in [0, 0.1) is 12.3 Å². The lowest BCUT2D eigenvalue weighted by molar-refractivity contribution is -0.120. The van der Waals surface area contributed by atoms with Gasteiger partial charge in [0.15, 0.2) is 5.82 Å². The molecule has 1 unspecified atom stereocenters. The van der Waals surface area contributed by atoms with Crippen molar-refractivity contribution in [2.45, 2.75) is 39.5 Å². The van der Waals surface area contributed by atoms with E-state index in [-0.39, 0.29) is 17.4 Å². The molecule has 2 aromatic rings. The van der Waals surface area contributed by atoms with Crippen LogP contribution in [0.3, 0.4) is 0 Å². The molecular weight excluding hydrogens is 318 g/mol. The first-order valence-corrected chi connectivity index (χ1v) is 9.09. The van der Waals surface area contributed by atoms with Crippen molar-refractivity contribution in [1.82, 2.24) is 15.5 Å². The number of thioether (sulfide) groups is 1. The van der Waals surface area contributed by atoms with Gasteiger partial charge in [-0.25, -0.2) is 0 Å². The van der Waals surface area contributed by atoms with Gasteiger partial charge < -0.3 is 9.84 Å². The maximum Gasteiger partial charge on any atom is 0.236 e. The van der Waals surface area contributed by atoms with Crippen molar-refractivity contribution in [3.05, 3.63) is 34.1 Å². The maximum atomic E-state index is 12.2. The first-order valence-electron chi connectivity index (χ1n) is 7.06. The monoisotopic (exact) mass is 339 g/mol. The summed E-state index contributed by atoms with van der Waals surface area (Å²) in [6.07, 6.45) is 0. The quantitative estimate of drug-likeness (QED) is 0.871. The molecule has 0 aliphatic heterocycles. The third-order valence-electron chi connectivity index (χ3n) is 3.03. The Morgan fingerprint density at radius 1 is 1.50 bits per heavy atom. The number of aromatic nitrogens is 2. The predicted molar refractivity (Wildman–Crippen MR) is 89.9 cm³/mol. The summed E-state index contributed by atoms with van der Waals surface area (Å²) >= 11 is 3.14. The normalized spacial score (nSPS) is 13.1. The highest BCUT2D eigenvalue weighted by atomic mass is 32.2. The van der Waals surface area contributed by atoms with Gasteiger partial charge in [-0.05, 0) is 23.8 Å². The van der Waals surface area contributed by atoms with Gasteiger partial charge in [0, 0.05) is 4.88 Å². The minimum atomic E-state index is -0.0330. The van der Waals surface area contributed by atoms with Crippen LogP contribution in [-0.2, 0) is 10.5 Å². The number of nitrogens with one attached hydrogen (secondary N) is 1. The molecule has 1 N–H and O–H groups in total. The molecule has 120 valence electrons. The number of carbonyl (C=O) groups excluding carboxylic acids is 1. The van der Waals surface area contributed by atoms with Crippen molar-refractivity contribution in [3.63, 3.8) is 0 Å². The molecule has 0 radical (unpaired) electrons.